The number of allylic oxidation sites excluding steroid dienone is 2. The molecule has 0 saturated carbocycles. The molecule has 1 aliphatic carbocycles. The van der Waals surface area contributed by atoms with Crippen molar-refractivity contribution < 1.29 is 0 Å². The minimum atomic E-state index is 0.401. The van der Waals surface area contributed by atoms with E-state index in [1.165, 1.54) is 32.4 Å². The predicted molar refractivity (Wildman–Crippen MR) is 60.1 cm³/mol. The van der Waals surface area contributed by atoms with Gasteiger partial charge in [0.05, 0.1) is 0 Å². The molecule has 2 heteroatoms. The van der Waals surface area contributed by atoms with Gasteiger partial charge in [-0.15, -0.1) is 0 Å². The summed E-state index contributed by atoms with van der Waals surface area (Å²) in [5.74, 6) is 1.59. The number of rotatable bonds is 2. The normalized spacial score (nSPS) is 35.3. The van der Waals surface area contributed by atoms with Gasteiger partial charge in [0, 0.05) is 19.1 Å². The molecule has 2 aliphatic rings. The standard InChI is InChI=1S/C12H22N2/c1-10-6-7-14(9-12(10)13)8-11-4-2-3-5-11/h2-3,10-12H,4-9,13H2,1H3. The molecule has 80 valence electrons. The monoisotopic (exact) mass is 194 g/mol. The van der Waals surface area contributed by atoms with Crippen molar-refractivity contribution in [1.29, 1.82) is 0 Å². The lowest BCUT2D eigenvalue weighted by atomic mass is 9.93. The Labute approximate surface area is 87.2 Å². The Morgan fingerprint density at radius 3 is 2.71 bits per heavy atom. The van der Waals surface area contributed by atoms with Crippen molar-refractivity contribution in [3.8, 4) is 0 Å². The zero-order valence-corrected chi connectivity index (χ0v) is 9.15. The van der Waals surface area contributed by atoms with Crippen molar-refractivity contribution >= 4 is 0 Å². The fraction of sp³-hybridized carbons (Fsp3) is 0.833. The SMILES string of the molecule is CC1CCN(CC2CC=CC2)CC1N. The van der Waals surface area contributed by atoms with Gasteiger partial charge in [0.25, 0.3) is 0 Å². The number of nitrogens with zero attached hydrogens (tertiary/aromatic N) is 1. The Bertz CT molecular complexity index is 204. The second kappa shape index (κ2) is 4.45. The highest BCUT2D eigenvalue weighted by atomic mass is 15.1. The van der Waals surface area contributed by atoms with Crippen LogP contribution in [0.2, 0.25) is 0 Å². The highest BCUT2D eigenvalue weighted by Crippen LogP contribution is 2.22. The average Bonchev–Trinajstić information content (AvgIpc) is 2.64. The molecule has 0 aromatic rings. The second-order valence-electron chi connectivity index (χ2n) is 5.00. The first-order valence-corrected chi connectivity index (χ1v) is 5.88. The molecule has 2 rings (SSSR count). The molecule has 2 unspecified atom stereocenters. The summed E-state index contributed by atoms with van der Waals surface area (Å²) in [6, 6.07) is 0.401. The zero-order chi connectivity index (χ0) is 9.97. The van der Waals surface area contributed by atoms with Gasteiger partial charge in [0.15, 0.2) is 0 Å². The van der Waals surface area contributed by atoms with Gasteiger partial charge < -0.3 is 10.6 Å². The third-order valence-electron chi connectivity index (χ3n) is 3.72. The minimum absolute atomic E-state index is 0.401. The summed E-state index contributed by atoms with van der Waals surface area (Å²) in [5, 5.41) is 0. The summed E-state index contributed by atoms with van der Waals surface area (Å²) < 4.78 is 0. The highest BCUT2D eigenvalue weighted by molar-refractivity contribution is 4.95. The molecular weight excluding hydrogens is 172 g/mol. The summed E-state index contributed by atoms with van der Waals surface area (Å²) in [4.78, 5) is 2.56. The van der Waals surface area contributed by atoms with Gasteiger partial charge in [-0.25, -0.2) is 0 Å². The largest absolute Gasteiger partial charge is 0.326 e. The van der Waals surface area contributed by atoms with Gasteiger partial charge >= 0.3 is 0 Å². The first-order chi connectivity index (χ1) is 6.75. The molecule has 0 bridgehead atoms. The van der Waals surface area contributed by atoms with Crippen molar-refractivity contribution in [3.63, 3.8) is 0 Å². The Morgan fingerprint density at radius 2 is 2.07 bits per heavy atom. The number of nitrogens with two attached hydrogens (primary N) is 1. The van der Waals surface area contributed by atoms with Crippen LogP contribution in [0.15, 0.2) is 12.2 Å². The molecule has 0 aromatic carbocycles. The Kier molecular flexibility index (Phi) is 3.24. The fourth-order valence-electron chi connectivity index (χ4n) is 2.52. The minimum Gasteiger partial charge on any atom is -0.326 e. The summed E-state index contributed by atoms with van der Waals surface area (Å²) in [6.45, 7) is 5.90. The van der Waals surface area contributed by atoms with Gasteiger partial charge in [-0.3, -0.25) is 0 Å². The molecule has 14 heavy (non-hydrogen) atoms. The lowest BCUT2D eigenvalue weighted by molar-refractivity contribution is 0.149. The Balaban J connectivity index is 1.76. The molecule has 0 aromatic heterocycles. The maximum atomic E-state index is 6.09. The van der Waals surface area contributed by atoms with E-state index in [9.17, 15) is 0 Å². The van der Waals surface area contributed by atoms with Crippen LogP contribution < -0.4 is 5.73 Å². The van der Waals surface area contributed by atoms with Crippen molar-refractivity contribution in [1.82, 2.24) is 4.90 Å². The van der Waals surface area contributed by atoms with Crippen molar-refractivity contribution in [3.05, 3.63) is 12.2 Å². The lowest BCUT2D eigenvalue weighted by Crippen LogP contribution is -2.48. The molecule has 1 fully saturated rings. The van der Waals surface area contributed by atoms with Crippen molar-refractivity contribution in [2.45, 2.75) is 32.2 Å². The summed E-state index contributed by atoms with van der Waals surface area (Å²) >= 11 is 0. The smallest absolute Gasteiger partial charge is 0.0194 e. The fourth-order valence-corrected chi connectivity index (χ4v) is 2.52. The van der Waals surface area contributed by atoms with Crippen LogP contribution in [0.3, 0.4) is 0 Å². The summed E-state index contributed by atoms with van der Waals surface area (Å²) in [6.07, 6.45) is 8.47. The maximum Gasteiger partial charge on any atom is 0.0194 e. The first-order valence-electron chi connectivity index (χ1n) is 5.88. The molecule has 1 heterocycles. The predicted octanol–water partition coefficient (Wildman–Crippen LogP) is 1.62. The first kappa shape index (κ1) is 10.2. The molecule has 2 atom stereocenters. The number of hydrogen-bond donors (Lipinski definition) is 1. The molecule has 0 amide bonds. The maximum absolute atomic E-state index is 6.09. The van der Waals surface area contributed by atoms with E-state index in [1.54, 1.807) is 0 Å². The lowest BCUT2D eigenvalue weighted by Gasteiger charge is -2.36. The number of piperidine rings is 1. The topological polar surface area (TPSA) is 29.3 Å². The molecule has 2 N–H and O–H groups in total. The molecule has 0 radical (unpaired) electrons. The van der Waals surface area contributed by atoms with Crippen LogP contribution in [-0.4, -0.2) is 30.6 Å². The quantitative estimate of drug-likeness (QED) is 0.677. The Hall–Kier alpha value is -0.340. The van der Waals surface area contributed by atoms with Crippen molar-refractivity contribution in [2.75, 3.05) is 19.6 Å². The highest BCUT2D eigenvalue weighted by Gasteiger charge is 2.24. The summed E-state index contributed by atoms with van der Waals surface area (Å²) in [5.41, 5.74) is 6.09. The van der Waals surface area contributed by atoms with Crippen LogP contribution in [0.5, 0.6) is 0 Å². The molecular formula is C12H22N2. The van der Waals surface area contributed by atoms with Crippen LogP contribution in [0.25, 0.3) is 0 Å². The zero-order valence-electron chi connectivity index (χ0n) is 9.15. The van der Waals surface area contributed by atoms with Crippen LogP contribution in [0, 0.1) is 11.8 Å². The Morgan fingerprint density at radius 1 is 1.36 bits per heavy atom. The van der Waals surface area contributed by atoms with Gasteiger partial charge in [-0.2, -0.15) is 0 Å². The summed E-state index contributed by atoms with van der Waals surface area (Å²) in [7, 11) is 0. The average molecular weight is 194 g/mol. The van der Waals surface area contributed by atoms with Crippen LogP contribution in [0.1, 0.15) is 26.2 Å². The van der Waals surface area contributed by atoms with Crippen LogP contribution in [-0.2, 0) is 0 Å². The van der Waals surface area contributed by atoms with E-state index in [0.717, 1.165) is 12.5 Å². The number of hydrogen-bond acceptors (Lipinski definition) is 2. The second-order valence-corrected chi connectivity index (χ2v) is 5.00. The van der Waals surface area contributed by atoms with E-state index in [0.29, 0.717) is 12.0 Å². The molecule has 2 nitrogen and oxygen atoms in total. The molecule has 1 aliphatic heterocycles. The molecule has 0 spiro atoms. The third-order valence-corrected chi connectivity index (χ3v) is 3.72. The molecule has 1 saturated heterocycles. The number of likely N-dealkylation sites (tertiary alicyclic amines) is 1. The van der Waals surface area contributed by atoms with Crippen molar-refractivity contribution in [2.24, 2.45) is 17.6 Å². The van der Waals surface area contributed by atoms with E-state index in [1.807, 2.05) is 0 Å². The van der Waals surface area contributed by atoms with Crippen LogP contribution in [0.4, 0.5) is 0 Å². The van der Waals surface area contributed by atoms with E-state index in [4.69, 9.17) is 5.73 Å². The van der Waals surface area contributed by atoms with E-state index in [2.05, 4.69) is 24.0 Å². The van der Waals surface area contributed by atoms with Gasteiger partial charge in [-0.1, -0.05) is 19.1 Å². The van der Waals surface area contributed by atoms with E-state index < -0.39 is 0 Å². The van der Waals surface area contributed by atoms with Crippen LogP contribution >= 0.6 is 0 Å². The van der Waals surface area contributed by atoms with Gasteiger partial charge in [0.2, 0.25) is 0 Å². The van der Waals surface area contributed by atoms with E-state index >= 15 is 0 Å². The van der Waals surface area contributed by atoms with E-state index in [-0.39, 0.29) is 0 Å². The van der Waals surface area contributed by atoms with Gasteiger partial charge in [-0.05, 0) is 37.6 Å². The van der Waals surface area contributed by atoms with Gasteiger partial charge in [0.1, 0.15) is 0 Å². The third kappa shape index (κ3) is 2.37.